The molecule has 2 nitrogen and oxygen atoms in total. The molecule has 0 amide bonds. The summed E-state index contributed by atoms with van der Waals surface area (Å²) in [5, 5.41) is 0. The van der Waals surface area contributed by atoms with Gasteiger partial charge in [-0.15, -0.1) is 0 Å². The van der Waals surface area contributed by atoms with Gasteiger partial charge in [0.2, 0.25) is 0 Å². The van der Waals surface area contributed by atoms with Gasteiger partial charge in [-0.3, -0.25) is 0 Å². The summed E-state index contributed by atoms with van der Waals surface area (Å²) in [5.41, 5.74) is 8.23. The van der Waals surface area contributed by atoms with E-state index in [4.69, 9.17) is 10.5 Å². The van der Waals surface area contributed by atoms with Crippen molar-refractivity contribution < 1.29 is 13.5 Å². The minimum Gasteiger partial charge on any atom is -0.489 e. The first-order chi connectivity index (χ1) is 9.45. The Morgan fingerprint density at radius 3 is 2.35 bits per heavy atom. The van der Waals surface area contributed by atoms with E-state index in [-0.39, 0.29) is 12.6 Å². The lowest BCUT2D eigenvalue weighted by atomic mass is 10.1. The van der Waals surface area contributed by atoms with Crippen molar-refractivity contribution in [1.29, 1.82) is 0 Å². The Kier molecular flexibility index (Phi) is 4.35. The molecule has 0 aliphatic rings. The Balaban J connectivity index is 2.20. The third kappa shape index (κ3) is 3.54. The SMILES string of the molecule is Cc1ccc(C(C)N)c(OCc2cc(F)cc(F)c2)c1. The summed E-state index contributed by atoms with van der Waals surface area (Å²) in [6.45, 7) is 3.90. The number of nitrogens with two attached hydrogens (primary N) is 1. The molecule has 0 aromatic heterocycles. The summed E-state index contributed by atoms with van der Waals surface area (Å²) < 4.78 is 31.9. The van der Waals surface area contributed by atoms with Crippen LogP contribution in [-0.2, 0) is 6.61 Å². The number of ether oxygens (including phenoxy) is 1. The molecule has 0 bridgehead atoms. The molecule has 0 aliphatic carbocycles. The number of rotatable bonds is 4. The van der Waals surface area contributed by atoms with Gasteiger partial charge in [-0.1, -0.05) is 12.1 Å². The van der Waals surface area contributed by atoms with Crippen molar-refractivity contribution in [3.05, 3.63) is 64.7 Å². The van der Waals surface area contributed by atoms with Crippen LogP contribution in [0.2, 0.25) is 0 Å². The maximum atomic E-state index is 13.1. The molecule has 2 N–H and O–H groups in total. The second kappa shape index (κ2) is 6.01. The highest BCUT2D eigenvalue weighted by atomic mass is 19.1. The van der Waals surface area contributed by atoms with Crippen LogP contribution in [0.1, 0.15) is 29.7 Å². The van der Waals surface area contributed by atoms with E-state index in [0.29, 0.717) is 11.3 Å². The van der Waals surface area contributed by atoms with Crippen molar-refractivity contribution in [2.24, 2.45) is 5.73 Å². The molecule has 0 spiro atoms. The molecule has 0 saturated carbocycles. The van der Waals surface area contributed by atoms with Crippen LogP contribution in [0, 0.1) is 18.6 Å². The van der Waals surface area contributed by atoms with E-state index in [2.05, 4.69) is 0 Å². The van der Waals surface area contributed by atoms with E-state index in [1.807, 2.05) is 32.0 Å². The summed E-state index contributed by atoms with van der Waals surface area (Å²) in [6.07, 6.45) is 0. The lowest BCUT2D eigenvalue weighted by Gasteiger charge is -2.15. The minimum atomic E-state index is -0.611. The van der Waals surface area contributed by atoms with Crippen molar-refractivity contribution in [3.8, 4) is 5.75 Å². The molecule has 4 heteroatoms. The van der Waals surface area contributed by atoms with Crippen LogP contribution in [0.5, 0.6) is 5.75 Å². The summed E-state index contributed by atoms with van der Waals surface area (Å²) in [5.74, 6) is -0.579. The summed E-state index contributed by atoms with van der Waals surface area (Å²) >= 11 is 0. The Morgan fingerprint density at radius 1 is 1.10 bits per heavy atom. The molecule has 0 radical (unpaired) electrons. The van der Waals surface area contributed by atoms with Crippen molar-refractivity contribution in [2.45, 2.75) is 26.5 Å². The van der Waals surface area contributed by atoms with Crippen molar-refractivity contribution in [3.63, 3.8) is 0 Å². The molecule has 0 heterocycles. The highest BCUT2D eigenvalue weighted by Gasteiger charge is 2.09. The van der Waals surface area contributed by atoms with Crippen LogP contribution in [0.25, 0.3) is 0 Å². The van der Waals surface area contributed by atoms with Gasteiger partial charge in [0.1, 0.15) is 24.0 Å². The highest BCUT2D eigenvalue weighted by Crippen LogP contribution is 2.26. The van der Waals surface area contributed by atoms with Crippen LogP contribution >= 0.6 is 0 Å². The molecule has 2 aromatic rings. The Hall–Kier alpha value is -1.94. The zero-order valence-corrected chi connectivity index (χ0v) is 11.5. The van der Waals surface area contributed by atoms with Gasteiger partial charge in [-0.2, -0.15) is 0 Å². The first kappa shape index (κ1) is 14.5. The van der Waals surface area contributed by atoms with E-state index in [1.165, 1.54) is 12.1 Å². The Bertz CT molecular complexity index is 591. The molecule has 1 atom stereocenters. The van der Waals surface area contributed by atoms with E-state index < -0.39 is 11.6 Å². The van der Waals surface area contributed by atoms with Crippen LogP contribution in [-0.4, -0.2) is 0 Å². The molecular formula is C16H17F2NO. The zero-order chi connectivity index (χ0) is 14.7. The number of halogens is 2. The predicted octanol–water partition coefficient (Wildman–Crippen LogP) is 3.87. The Morgan fingerprint density at radius 2 is 1.75 bits per heavy atom. The van der Waals surface area contributed by atoms with Crippen molar-refractivity contribution in [1.82, 2.24) is 0 Å². The average Bonchev–Trinajstić information content (AvgIpc) is 2.35. The van der Waals surface area contributed by atoms with E-state index in [0.717, 1.165) is 17.2 Å². The summed E-state index contributed by atoms with van der Waals surface area (Å²) in [6, 6.07) is 8.90. The molecule has 1 unspecified atom stereocenters. The van der Waals surface area contributed by atoms with E-state index in [1.54, 1.807) is 0 Å². The maximum absolute atomic E-state index is 13.1. The number of hydrogen-bond acceptors (Lipinski definition) is 2. The predicted molar refractivity (Wildman–Crippen MR) is 74.5 cm³/mol. The smallest absolute Gasteiger partial charge is 0.126 e. The minimum absolute atomic E-state index is 0.0951. The van der Waals surface area contributed by atoms with Crippen molar-refractivity contribution >= 4 is 0 Å². The largest absolute Gasteiger partial charge is 0.489 e. The second-order valence-corrected chi connectivity index (χ2v) is 4.90. The van der Waals surface area contributed by atoms with E-state index in [9.17, 15) is 8.78 Å². The molecule has 20 heavy (non-hydrogen) atoms. The summed E-state index contributed by atoms with van der Waals surface area (Å²) in [7, 11) is 0. The monoisotopic (exact) mass is 277 g/mol. The van der Waals surface area contributed by atoms with Crippen molar-refractivity contribution in [2.75, 3.05) is 0 Å². The van der Waals surface area contributed by atoms with Crippen LogP contribution in [0.4, 0.5) is 8.78 Å². The van der Waals surface area contributed by atoms with Gasteiger partial charge in [-0.05, 0) is 43.2 Å². The molecule has 0 fully saturated rings. The van der Waals surface area contributed by atoms with Gasteiger partial charge in [0.25, 0.3) is 0 Å². The van der Waals surface area contributed by atoms with Gasteiger partial charge >= 0.3 is 0 Å². The third-order valence-corrected chi connectivity index (χ3v) is 2.98. The van der Waals surface area contributed by atoms with Crippen LogP contribution in [0.3, 0.4) is 0 Å². The van der Waals surface area contributed by atoms with Gasteiger partial charge in [-0.25, -0.2) is 8.78 Å². The normalized spacial score (nSPS) is 12.2. The van der Waals surface area contributed by atoms with Crippen LogP contribution < -0.4 is 10.5 Å². The second-order valence-electron chi connectivity index (χ2n) is 4.90. The fraction of sp³-hybridized carbons (Fsp3) is 0.250. The quantitative estimate of drug-likeness (QED) is 0.920. The fourth-order valence-corrected chi connectivity index (χ4v) is 2.00. The van der Waals surface area contributed by atoms with E-state index >= 15 is 0 Å². The summed E-state index contributed by atoms with van der Waals surface area (Å²) in [4.78, 5) is 0. The molecule has 2 aromatic carbocycles. The Labute approximate surface area is 117 Å². The molecular weight excluding hydrogens is 260 g/mol. The van der Waals surface area contributed by atoms with Crippen LogP contribution in [0.15, 0.2) is 36.4 Å². The standard InChI is InChI=1S/C16H17F2NO/c1-10-3-4-15(11(2)19)16(5-10)20-9-12-6-13(17)8-14(18)7-12/h3-8,11H,9,19H2,1-2H3. The number of benzene rings is 2. The highest BCUT2D eigenvalue weighted by molar-refractivity contribution is 5.39. The maximum Gasteiger partial charge on any atom is 0.126 e. The number of aryl methyl sites for hydroxylation is 1. The first-order valence-corrected chi connectivity index (χ1v) is 6.39. The lowest BCUT2D eigenvalue weighted by molar-refractivity contribution is 0.300. The third-order valence-electron chi connectivity index (χ3n) is 2.98. The average molecular weight is 277 g/mol. The molecule has 0 aliphatic heterocycles. The fourth-order valence-electron chi connectivity index (χ4n) is 2.00. The topological polar surface area (TPSA) is 35.2 Å². The molecule has 106 valence electrons. The van der Waals surface area contributed by atoms with Gasteiger partial charge in [0, 0.05) is 17.7 Å². The van der Waals surface area contributed by atoms with Gasteiger partial charge in [0.05, 0.1) is 0 Å². The first-order valence-electron chi connectivity index (χ1n) is 6.39. The molecule has 2 rings (SSSR count). The lowest BCUT2D eigenvalue weighted by Crippen LogP contribution is -2.08. The van der Waals surface area contributed by atoms with Gasteiger partial charge in [0.15, 0.2) is 0 Å². The number of hydrogen-bond donors (Lipinski definition) is 1. The molecule has 0 saturated heterocycles. The zero-order valence-electron chi connectivity index (χ0n) is 11.5. The van der Waals surface area contributed by atoms with Gasteiger partial charge < -0.3 is 10.5 Å².